The van der Waals surface area contributed by atoms with Gasteiger partial charge in [-0.05, 0) is 73.7 Å². The standard InChI is InChI=1S/C38H40N9O3P/c1-23(2)32-20-34(47(46-32)28-10-8-9-25(18-28)22-51(4,5)49)44-38(48)43-31-13-14-33(30-12-7-6-11-29(30)31)50-35-15-16-41-37(45-35)42-27-17-24(3)36(40)26(19-27)21-39/h6-21,23,39H,22,40H2,1-5H3,(H,41,42,45)(H2,43,44,48). The van der Waals surface area contributed by atoms with Gasteiger partial charge in [0.05, 0.1) is 24.2 Å². The summed E-state index contributed by atoms with van der Waals surface area (Å²) in [5, 5.41) is 23.1. The van der Waals surface area contributed by atoms with Gasteiger partial charge in [0.15, 0.2) is 0 Å². The molecule has 6 N–H and O–H groups in total. The lowest BCUT2D eigenvalue weighted by Crippen LogP contribution is -2.21. The second-order valence-electron chi connectivity index (χ2n) is 13.0. The van der Waals surface area contributed by atoms with Crippen LogP contribution in [-0.2, 0) is 10.7 Å². The van der Waals surface area contributed by atoms with Crippen LogP contribution in [0.15, 0.2) is 91.1 Å². The van der Waals surface area contributed by atoms with Crippen molar-refractivity contribution in [1.82, 2.24) is 19.7 Å². The van der Waals surface area contributed by atoms with Gasteiger partial charge < -0.3 is 31.1 Å². The molecule has 4 aromatic carbocycles. The Morgan fingerprint density at radius 1 is 1.00 bits per heavy atom. The van der Waals surface area contributed by atoms with Crippen LogP contribution in [0.25, 0.3) is 16.5 Å². The van der Waals surface area contributed by atoms with Crippen LogP contribution in [0, 0.1) is 12.3 Å². The maximum absolute atomic E-state index is 13.5. The molecule has 12 nitrogen and oxygen atoms in total. The van der Waals surface area contributed by atoms with Crippen molar-refractivity contribution in [2.45, 2.75) is 32.9 Å². The Bertz CT molecular complexity index is 2310. The molecule has 13 heteroatoms. The van der Waals surface area contributed by atoms with E-state index >= 15 is 0 Å². The van der Waals surface area contributed by atoms with Crippen molar-refractivity contribution in [2.24, 2.45) is 0 Å². The van der Waals surface area contributed by atoms with Crippen molar-refractivity contribution in [3.05, 3.63) is 114 Å². The van der Waals surface area contributed by atoms with Crippen molar-refractivity contribution >= 4 is 59.0 Å². The molecule has 0 bridgehead atoms. The molecule has 0 spiro atoms. The van der Waals surface area contributed by atoms with E-state index in [1.807, 2.05) is 81.4 Å². The Kier molecular flexibility index (Phi) is 9.88. The predicted octanol–water partition coefficient (Wildman–Crippen LogP) is 9.13. The zero-order valence-electron chi connectivity index (χ0n) is 29.1. The van der Waals surface area contributed by atoms with Crippen LogP contribution in [0.2, 0.25) is 0 Å². The van der Waals surface area contributed by atoms with Crippen LogP contribution in [0.4, 0.5) is 33.6 Å². The fraction of sp³-hybridized carbons (Fsp3) is 0.184. The predicted molar refractivity (Wildman–Crippen MR) is 206 cm³/mol. The fourth-order valence-electron chi connectivity index (χ4n) is 5.65. The Labute approximate surface area is 296 Å². The summed E-state index contributed by atoms with van der Waals surface area (Å²) in [6.45, 7) is 9.50. The summed E-state index contributed by atoms with van der Waals surface area (Å²) in [7, 11) is -2.29. The van der Waals surface area contributed by atoms with E-state index in [9.17, 15) is 9.36 Å². The van der Waals surface area contributed by atoms with Crippen LogP contribution in [-0.4, -0.2) is 45.3 Å². The molecule has 51 heavy (non-hydrogen) atoms. The van der Waals surface area contributed by atoms with Gasteiger partial charge in [-0.3, -0.25) is 5.32 Å². The molecule has 6 rings (SSSR count). The third-order valence-electron chi connectivity index (χ3n) is 8.09. The minimum absolute atomic E-state index is 0.130. The lowest BCUT2D eigenvalue weighted by atomic mass is 10.1. The van der Waals surface area contributed by atoms with Gasteiger partial charge in [-0.25, -0.2) is 14.5 Å². The molecule has 0 unspecified atom stereocenters. The molecular weight excluding hydrogens is 661 g/mol. The molecule has 0 atom stereocenters. The monoisotopic (exact) mass is 701 g/mol. The first-order valence-electron chi connectivity index (χ1n) is 16.4. The number of rotatable bonds is 11. The van der Waals surface area contributed by atoms with Crippen LogP contribution in [0.5, 0.6) is 11.6 Å². The molecule has 0 aliphatic heterocycles. The molecule has 2 aromatic heterocycles. The maximum Gasteiger partial charge on any atom is 0.324 e. The molecule has 0 fully saturated rings. The Hall–Kier alpha value is -6.00. The summed E-state index contributed by atoms with van der Waals surface area (Å²) in [4.78, 5) is 22.4. The molecule has 260 valence electrons. The lowest BCUT2D eigenvalue weighted by Gasteiger charge is -2.15. The van der Waals surface area contributed by atoms with E-state index in [2.05, 4.69) is 25.9 Å². The number of nitrogens with two attached hydrogens (primary N) is 1. The summed E-state index contributed by atoms with van der Waals surface area (Å²) in [6, 6.07) is 25.6. The minimum Gasteiger partial charge on any atom is -0.438 e. The molecule has 2 amide bonds. The highest BCUT2D eigenvalue weighted by Crippen LogP contribution is 2.41. The molecule has 0 saturated carbocycles. The number of hydrogen-bond acceptors (Lipinski definition) is 9. The highest BCUT2D eigenvalue weighted by atomic mass is 31.2. The number of carbonyl (C=O) groups excluding carboxylic acids is 1. The number of benzene rings is 4. The molecule has 6 aromatic rings. The number of aromatic nitrogens is 4. The van der Waals surface area contributed by atoms with E-state index in [1.54, 1.807) is 48.5 Å². The average molecular weight is 702 g/mol. The first-order valence-corrected chi connectivity index (χ1v) is 19.2. The van der Waals surface area contributed by atoms with Gasteiger partial charge in [-0.1, -0.05) is 50.2 Å². The number of anilines is 5. The van der Waals surface area contributed by atoms with Gasteiger partial charge in [0.25, 0.3) is 0 Å². The van der Waals surface area contributed by atoms with Crippen LogP contribution >= 0.6 is 7.14 Å². The number of carbonyl (C=O) groups is 1. The van der Waals surface area contributed by atoms with Gasteiger partial charge >= 0.3 is 6.03 Å². The summed E-state index contributed by atoms with van der Waals surface area (Å²) in [6.07, 6.45) is 3.27. The molecule has 0 radical (unpaired) electrons. The maximum atomic E-state index is 13.5. The zero-order valence-corrected chi connectivity index (χ0v) is 30.0. The van der Waals surface area contributed by atoms with E-state index in [0.29, 0.717) is 52.2 Å². The van der Waals surface area contributed by atoms with Crippen molar-refractivity contribution < 1.29 is 14.1 Å². The molecular formula is C38H40N9O3P. The third-order valence-corrected chi connectivity index (χ3v) is 9.21. The number of nitrogens with one attached hydrogen (secondary N) is 4. The zero-order chi connectivity index (χ0) is 36.3. The lowest BCUT2D eigenvalue weighted by molar-refractivity contribution is 0.262. The van der Waals surface area contributed by atoms with Gasteiger partial charge in [0.1, 0.15) is 11.6 Å². The topological polar surface area (TPSA) is 173 Å². The molecule has 0 aliphatic carbocycles. The number of aryl methyl sites for hydroxylation is 1. The minimum atomic E-state index is -2.29. The van der Waals surface area contributed by atoms with Crippen LogP contribution < -0.4 is 26.4 Å². The highest BCUT2D eigenvalue weighted by Gasteiger charge is 2.18. The van der Waals surface area contributed by atoms with Crippen molar-refractivity contribution in [2.75, 3.05) is 35.0 Å². The number of nitrogens with zero attached hydrogens (tertiary/aromatic N) is 4. The Morgan fingerprint density at radius 2 is 1.78 bits per heavy atom. The van der Waals surface area contributed by atoms with E-state index in [0.717, 1.165) is 33.3 Å². The molecule has 0 aliphatic rings. The smallest absolute Gasteiger partial charge is 0.324 e. The van der Waals surface area contributed by atoms with Gasteiger partial charge in [-0.2, -0.15) is 10.1 Å². The van der Waals surface area contributed by atoms with Crippen molar-refractivity contribution in [1.29, 1.82) is 5.41 Å². The first-order chi connectivity index (χ1) is 24.4. The summed E-state index contributed by atoms with van der Waals surface area (Å²) in [5.41, 5.74) is 11.8. The number of fused-ring (bicyclic) bond motifs is 1. The Morgan fingerprint density at radius 3 is 2.53 bits per heavy atom. The number of urea groups is 1. The fourth-order valence-corrected chi connectivity index (χ4v) is 6.73. The van der Waals surface area contributed by atoms with Crippen LogP contribution in [0.1, 0.15) is 42.1 Å². The molecule has 0 saturated heterocycles. The Balaban J connectivity index is 1.22. The van der Waals surface area contributed by atoms with E-state index < -0.39 is 13.2 Å². The summed E-state index contributed by atoms with van der Waals surface area (Å²) in [5.74, 6) is 1.80. The average Bonchev–Trinajstić information content (AvgIpc) is 3.51. The summed E-state index contributed by atoms with van der Waals surface area (Å²) >= 11 is 0. The van der Waals surface area contributed by atoms with E-state index in [1.165, 1.54) is 6.21 Å². The summed E-state index contributed by atoms with van der Waals surface area (Å²) < 4.78 is 20.5. The first kappa shape index (κ1) is 34.8. The number of amides is 2. The van der Waals surface area contributed by atoms with Crippen molar-refractivity contribution in [3.63, 3.8) is 0 Å². The SMILES string of the molecule is Cc1cc(Nc2nccc(Oc3ccc(NC(=O)Nc4cc(C(C)C)nn4-c4cccc(CP(C)(C)=O)c4)c4ccccc34)n2)cc(C=N)c1N. The van der Waals surface area contributed by atoms with E-state index in [4.69, 9.17) is 21.0 Å². The van der Waals surface area contributed by atoms with Gasteiger partial charge in [0.2, 0.25) is 11.8 Å². The number of hydrogen-bond donors (Lipinski definition) is 5. The second kappa shape index (κ2) is 14.5. The normalized spacial score (nSPS) is 11.4. The number of ether oxygens (including phenoxy) is 1. The van der Waals surface area contributed by atoms with Gasteiger partial charge in [-0.15, -0.1) is 0 Å². The largest absolute Gasteiger partial charge is 0.438 e. The quantitative estimate of drug-likeness (QED) is 0.0505. The van der Waals surface area contributed by atoms with Crippen molar-refractivity contribution in [3.8, 4) is 17.3 Å². The van der Waals surface area contributed by atoms with Gasteiger partial charge in [0, 0.05) is 58.4 Å². The van der Waals surface area contributed by atoms with E-state index in [-0.39, 0.29) is 5.92 Å². The third kappa shape index (κ3) is 8.25. The number of nitrogen functional groups attached to an aromatic ring is 1. The highest BCUT2D eigenvalue weighted by molar-refractivity contribution is 7.61. The second-order valence-corrected chi connectivity index (χ2v) is 16.5. The molecule has 2 heterocycles. The van der Waals surface area contributed by atoms with Crippen LogP contribution in [0.3, 0.4) is 0 Å².